The van der Waals surface area contributed by atoms with Crippen LogP contribution in [0.2, 0.25) is 0 Å². The van der Waals surface area contributed by atoms with Crippen LogP contribution in [-0.4, -0.2) is 29.0 Å². The Labute approximate surface area is 102 Å². The van der Waals surface area contributed by atoms with Crippen molar-refractivity contribution in [3.05, 3.63) is 29.8 Å². The van der Waals surface area contributed by atoms with Crippen LogP contribution < -0.4 is 5.73 Å². The van der Waals surface area contributed by atoms with Gasteiger partial charge in [0.2, 0.25) is 0 Å². The third kappa shape index (κ3) is 3.01. The molecule has 94 valence electrons. The van der Waals surface area contributed by atoms with Crippen LogP contribution in [0.15, 0.2) is 18.5 Å². The molecule has 2 rings (SSSR count). The van der Waals surface area contributed by atoms with E-state index < -0.39 is 0 Å². The number of nitrogens with zero attached hydrogens (tertiary/aromatic N) is 2. The molecular weight excluding hydrogens is 217 g/mol. The summed E-state index contributed by atoms with van der Waals surface area (Å²) < 4.78 is 13.1. The van der Waals surface area contributed by atoms with Gasteiger partial charge in [-0.3, -0.25) is 9.88 Å². The summed E-state index contributed by atoms with van der Waals surface area (Å²) in [7, 11) is 0. The van der Waals surface area contributed by atoms with E-state index in [1.54, 1.807) is 12.3 Å². The molecule has 3 nitrogen and oxygen atoms in total. The molecule has 0 bridgehead atoms. The Morgan fingerprint density at radius 3 is 3.06 bits per heavy atom. The lowest BCUT2D eigenvalue weighted by molar-refractivity contribution is 0.0989. The number of hydrogen-bond acceptors (Lipinski definition) is 3. The van der Waals surface area contributed by atoms with E-state index in [1.165, 1.54) is 19.0 Å². The zero-order valence-electron chi connectivity index (χ0n) is 10.3. The lowest BCUT2D eigenvalue weighted by Gasteiger charge is -2.39. The predicted molar refractivity (Wildman–Crippen MR) is 65.8 cm³/mol. The highest BCUT2D eigenvalue weighted by molar-refractivity contribution is 5.10. The third-order valence-corrected chi connectivity index (χ3v) is 3.62. The number of piperidine rings is 1. The van der Waals surface area contributed by atoms with Crippen LogP contribution in [0, 0.1) is 11.7 Å². The topological polar surface area (TPSA) is 42.2 Å². The van der Waals surface area contributed by atoms with Crippen molar-refractivity contribution >= 4 is 0 Å². The minimum atomic E-state index is -0.267. The summed E-state index contributed by atoms with van der Waals surface area (Å²) in [6.07, 6.45) is 5.40. The monoisotopic (exact) mass is 237 g/mol. The molecule has 17 heavy (non-hydrogen) atoms. The van der Waals surface area contributed by atoms with E-state index in [0.717, 1.165) is 18.7 Å². The number of nitrogens with two attached hydrogens (primary N) is 1. The molecule has 2 heterocycles. The van der Waals surface area contributed by atoms with E-state index in [-0.39, 0.29) is 5.82 Å². The van der Waals surface area contributed by atoms with E-state index in [0.29, 0.717) is 18.5 Å². The van der Waals surface area contributed by atoms with Gasteiger partial charge in [-0.05, 0) is 36.9 Å². The molecule has 0 aromatic carbocycles. The molecule has 2 atom stereocenters. The van der Waals surface area contributed by atoms with Crippen LogP contribution in [0.5, 0.6) is 0 Å². The van der Waals surface area contributed by atoms with Crippen molar-refractivity contribution in [2.75, 3.05) is 13.1 Å². The fourth-order valence-corrected chi connectivity index (χ4v) is 2.69. The summed E-state index contributed by atoms with van der Waals surface area (Å²) in [5.41, 5.74) is 6.76. The molecule has 1 aromatic heterocycles. The molecule has 0 radical (unpaired) electrons. The van der Waals surface area contributed by atoms with Gasteiger partial charge in [-0.15, -0.1) is 0 Å². The Morgan fingerprint density at radius 2 is 2.35 bits per heavy atom. The molecule has 4 heteroatoms. The number of halogens is 1. The Hall–Kier alpha value is -1.00. The first kappa shape index (κ1) is 12.5. The predicted octanol–water partition coefficient (Wildman–Crippen LogP) is 1.78. The third-order valence-electron chi connectivity index (χ3n) is 3.62. The molecule has 1 saturated heterocycles. The summed E-state index contributed by atoms with van der Waals surface area (Å²) in [4.78, 5) is 6.24. The Kier molecular flexibility index (Phi) is 4.07. The number of likely N-dealkylation sites (tertiary alicyclic amines) is 1. The standard InChI is InChI=1S/C13H20FN3/c1-10-3-2-4-17(13(10)6-15)9-11-5-12(14)8-16-7-11/h5,7-8,10,13H,2-4,6,9,15H2,1H3. The van der Waals surface area contributed by atoms with E-state index in [2.05, 4.69) is 16.8 Å². The van der Waals surface area contributed by atoms with Gasteiger partial charge in [0.05, 0.1) is 6.20 Å². The van der Waals surface area contributed by atoms with Crippen molar-refractivity contribution in [3.8, 4) is 0 Å². The van der Waals surface area contributed by atoms with E-state index in [1.807, 2.05) is 0 Å². The highest BCUT2D eigenvalue weighted by Crippen LogP contribution is 2.24. The lowest BCUT2D eigenvalue weighted by Crippen LogP contribution is -2.48. The van der Waals surface area contributed by atoms with Crippen LogP contribution in [0.3, 0.4) is 0 Å². The first-order chi connectivity index (χ1) is 8.20. The summed E-state index contributed by atoms with van der Waals surface area (Å²) >= 11 is 0. The van der Waals surface area contributed by atoms with Gasteiger partial charge in [0, 0.05) is 25.3 Å². The number of aromatic nitrogens is 1. The van der Waals surface area contributed by atoms with Crippen LogP contribution in [0.1, 0.15) is 25.3 Å². The van der Waals surface area contributed by atoms with Crippen molar-refractivity contribution in [1.82, 2.24) is 9.88 Å². The summed E-state index contributed by atoms with van der Waals surface area (Å²) in [6.45, 7) is 4.71. The molecule has 2 N–H and O–H groups in total. The number of hydrogen-bond donors (Lipinski definition) is 1. The SMILES string of the molecule is CC1CCCN(Cc2cncc(F)c2)C1CN. The van der Waals surface area contributed by atoms with Crippen molar-refractivity contribution in [2.45, 2.75) is 32.4 Å². The molecule has 0 saturated carbocycles. The smallest absolute Gasteiger partial charge is 0.141 e. The molecule has 0 aliphatic carbocycles. The van der Waals surface area contributed by atoms with Gasteiger partial charge in [0.25, 0.3) is 0 Å². The van der Waals surface area contributed by atoms with Crippen molar-refractivity contribution in [3.63, 3.8) is 0 Å². The Balaban J connectivity index is 2.06. The van der Waals surface area contributed by atoms with Crippen molar-refractivity contribution in [2.24, 2.45) is 11.7 Å². The van der Waals surface area contributed by atoms with Crippen LogP contribution in [0.4, 0.5) is 4.39 Å². The van der Waals surface area contributed by atoms with E-state index in [9.17, 15) is 4.39 Å². The summed E-state index contributed by atoms with van der Waals surface area (Å²) in [5.74, 6) is 0.354. The quantitative estimate of drug-likeness (QED) is 0.871. The first-order valence-corrected chi connectivity index (χ1v) is 6.24. The van der Waals surface area contributed by atoms with Crippen LogP contribution in [0.25, 0.3) is 0 Å². The second kappa shape index (κ2) is 5.56. The van der Waals surface area contributed by atoms with Gasteiger partial charge in [0.1, 0.15) is 5.82 Å². The van der Waals surface area contributed by atoms with Crippen LogP contribution >= 0.6 is 0 Å². The average Bonchev–Trinajstić information content (AvgIpc) is 2.29. The van der Waals surface area contributed by atoms with Gasteiger partial charge in [-0.1, -0.05) is 6.92 Å². The van der Waals surface area contributed by atoms with Gasteiger partial charge >= 0.3 is 0 Å². The normalized spacial score (nSPS) is 26.1. The van der Waals surface area contributed by atoms with Gasteiger partial charge < -0.3 is 5.73 Å². The molecule has 1 fully saturated rings. The maximum absolute atomic E-state index is 13.1. The van der Waals surface area contributed by atoms with Crippen molar-refractivity contribution < 1.29 is 4.39 Å². The zero-order valence-corrected chi connectivity index (χ0v) is 10.3. The Bertz CT molecular complexity index is 369. The molecule has 1 aromatic rings. The van der Waals surface area contributed by atoms with Gasteiger partial charge in [0.15, 0.2) is 0 Å². The highest BCUT2D eigenvalue weighted by atomic mass is 19.1. The van der Waals surface area contributed by atoms with Gasteiger partial charge in [-0.2, -0.15) is 0 Å². The second-order valence-electron chi connectivity index (χ2n) is 4.90. The first-order valence-electron chi connectivity index (χ1n) is 6.24. The van der Waals surface area contributed by atoms with Gasteiger partial charge in [-0.25, -0.2) is 4.39 Å². The maximum atomic E-state index is 13.1. The number of pyridine rings is 1. The minimum Gasteiger partial charge on any atom is -0.329 e. The lowest BCUT2D eigenvalue weighted by atomic mass is 9.90. The van der Waals surface area contributed by atoms with E-state index >= 15 is 0 Å². The molecule has 0 spiro atoms. The largest absolute Gasteiger partial charge is 0.329 e. The minimum absolute atomic E-state index is 0.267. The maximum Gasteiger partial charge on any atom is 0.141 e. The molecule has 2 unspecified atom stereocenters. The fraction of sp³-hybridized carbons (Fsp3) is 0.615. The number of rotatable bonds is 3. The van der Waals surface area contributed by atoms with Crippen molar-refractivity contribution in [1.29, 1.82) is 0 Å². The fourth-order valence-electron chi connectivity index (χ4n) is 2.69. The zero-order chi connectivity index (χ0) is 12.3. The van der Waals surface area contributed by atoms with Crippen LogP contribution in [-0.2, 0) is 6.54 Å². The average molecular weight is 237 g/mol. The summed E-state index contributed by atoms with van der Waals surface area (Å²) in [6, 6.07) is 1.96. The summed E-state index contributed by atoms with van der Waals surface area (Å²) in [5, 5.41) is 0. The van der Waals surface area contributed by atoms with E-state index in [4.69, 9.17) is 5.73 Å². The highest BCUT2D eigenvalue weighted by Gasteiger charge is 2.27. The second-order valence-corrected chi connectivity index (χ2v) is 4.90. The molecule has 1 aliphatic rings. The molecular formula is C13H20FN3. The molecule has 0 amide bonds. The Morgan fingerprint density at radius 1 is 1.53 bits per heavy atom. The molecule has 1 aliphatic heterocycles.